The number of anilines is 1. The molecule has 0 bridgehead atoms. The molecule has 2 rings (SSSR count). The van der Waals surface area contributed by atoms with E-state index in [4.69, 9.17) is 0 Å². The van der Waals surface area contributed by atoms with Crippen LogP contribution in [-0.2, 0) is 13.0 Å². The smallest absolute Gasteiger partial charge is 0.0361 e. The van der Waals surface area contributed by atoms with E-state index in [0.29, 0.717) is 6.04 Å². The van der Waals surface area contributed by atoms with Crippen molar-refractivity contribution in [2.45, 2.75) is 32.4 Å². The quantitative estimate of drug-likeness (QED) is 0.829. The zero-order chi connectivity index (χ0) is 15.1. The first-order chi connectivity index (χ1) is 10.1. The second-order valence-electron chi connectivity index (χ2n) is 5.87. The molecule has 0 radical (unpaired) electrons. The number of hydrogen-bond donors (Lipinski definition) is 1. The lowest BCUT2D eigenvalue weighted by molar-refractivity contribution is 0.514. The molecule has 0 aliphatic rings. The van der Waals surface area contributed by atoms with Crippen LogP contribution in [0.2, 0.25) is 0 Å². The minimum Gasteiger partial charge on any atom is -0.378 e. The molecule has 0 saturated carbocycles. The van der Waals surface area contributed by atoms with Crippen molar-refractivity contribution in [3.63, 3.8) is 0 Å². The summed E-state index contributed by atoms with van der Waals surface area (Å²) in [4.78, 5) is 2.12. The summed E-state index contributed by atoms with van der Waals surface area (Å²) in [5, 5.41) is 3.60. The predicted octanol–water partition coefficient (Wildman–Crippen LogP) is 3.86. The lowest BCUT2D eigenvalue weighted by atomic mass is 10.1. The van der Waals surface area contributed by atoms with E-state index in [1.165, 1.54) is 23.2 Å². The molecule has 0 fully saturated rings. The predicted molar refractivity (Wildman–Crippen MR) is 91.8 cm³/mol. The molecule has 0 amide bonds. The fourth-order valence-corrected chi connectivity index (χ4v) is 2.33. The molecule has 1 N–H and O–H groups in total. The molecule has 0 spiro atoms. The van der Waals surface area contributed by atoms with Crippen LogP contribution in [-0.4, -0.2) is 20.1 Å². The van der Waals surface area contributed by atoms with Crippen LogP contribution < -0.4 is 10.2 Å². The molecule has 0 aromatic heterocycles. The Hall–Kier alpha value is -1.80. The van der Waals surface area contributed by atoms with Crippen molar-refractivity contribution < 1.29 is 0 Å². The van der Waals surface area contributed by atoms with Crippen LogP contribution >= 0.6 is 0 Å². The van der Waals surface area contributed by atoms with Gasteiger partial charge >= 0.3 is 0 Å². The Labute approximate surface area is 128 Å². The van der Waals surface area contributed by atoms with Crippen LogP contribution in [0.25, 0.3) is 0 Å². The van der Waals surface area contributed by atoms with Gasteiger partial charge in [-0.1, -0.05) is 42.5 Å². The molecular formula is C19H26N2. The Kier molecular flexibility index (Phi) is 5.82. The standard InChI is InChI=1S/C19H26N2/c1-16(9-10-17-7-5-4-6-8-17)20-15-18-11-13-19(14-12-18)21(2)3/h4-8,11-14,16,20H,9-10,15H2,1-3H3. The van der Waals surface area contributed by atoms with Crippen LogP contribution in [0.15, 0.2) is 54.6 Å². The summed E-state index contributed by atoms with van der Waals surface area (Å²) in [6.45, 7) is 3.20. The summed E-state index contributed by atoms with van der Waals surface area (Å²) in [6, 6.07) is 20.0. The van der Waals surface area contributed by atoms with Crippen molar-refractivity contribution in [2.75, 3.05) is 19.0 Å². The fraction of sp³-hybridized carbons (Fsp3) is 0.368. The van der Waals surface area contributed by atoms with Gasteiger partial charge in [0.2, 0.25) is 0 Å². The molecule has 0 aliphatic carbocycles. The summed E-state index contributed by atoms with van der Waals surface area (Å²) < 4.78 is 0. The summed E-state index contributed by atoms with van der Waals surface area (Å²) >= 11 is 0. The lowest BCUT2D eigenvalue weighted by Crippen LogP contribution is -2.26. The molecule has 1 atom stereocenters. The van der Waals surface area contributed by atoms with Gasteiger partial charge in [-0.05, 0) is 43.0 Å². The highest BCUT2D eigenvalue weighted by atomic mass is 15.1. The Morgan fingerprint density at radius 3 is 2.19 bits per heavy atom. The van der Waals surface area contributed by atoms with Crippen LogP contribution in [0.1, 0.15) is 24.5 Å². The maximum atomic E-state index is 3.60. The Morgan fingerprint density at radius 2 is 1.57 bits per heavy atom. The summed E-state index contributed by atoms with van der Waals surface area (Å²) in [5.41, 5.74) is 4.00. The van der Waals surface area contributed by atoms with Crippen LogP contribution in [0.5, 0.6) is 0 Å². The van der Waals surface area contributed by atoms with Crippen LogP contribution in [0, 0.1) is 0 Å². The van der Waals surface area contributed by atoms with E-state index in [-0.39, 0.29) is 0 Å². The van der Waals surface area contributed by atoms with E-state index >= 15 is 0 Å². The van der Waals surface area contributed by atoms with Gasteiger partial charge in [-0.25, -0.2) is 0 Å². The van der Waals surface area contributed by atoms with E-state index < -0.39 is 0 Å². The molecular weight excluding hydrogens is 256 g/mol. The number of hydrogen-bond acceptors (Lipinski definition) is 2. The Balaban J connectivity index is 1.74. The SMILES string of the molecule is CC(CCc1ccccc1)NCc1ccc(N(C)C)cc1. The minimum absolute atomic E-state index is 0.527. The third-order valence-corrected chi connectivity index (χ3v) is 3.82. The summed E-state index contributed by atoms with van der Waals surface area (Å²) in [7, 11) is 4.14. The second-order valence-corrected chi connectivity index (χ2v) is 5.87. The molecule has 0 aliphatic heterocycles. The molecule has 2 aromatic carbocycles. The van der Waals surface area contributed by atoms with Gasteiger partial charge in [0.25, 0.3) is 0 Å². The number of nitrogens with one attached hydrogen (secondary N) is 1. The lowest BCUT2D eigenvalue weighted by Gasteiger charge is -2.15. The molecule has 2 heteroatoms. The highest BCUT2D eigenvalue weighted by Gasteiger charge is 2.03. The molecule has 0 saturated heterocycles. The van der Waals surface area contributed by atoms with E-state index in [1.807, 2.05) is 0 Å². The zero-order valence-electron chi connectivity index (χ0n) is 13.3. The highest BCUT2D eigenvalue weighted by Crippen LogP contribution is 2.12. The fourth-order valence-electron chi connectivity index (χ4n) is 2.33. The van der Waals surface area contributed by atoms with Gasteiger partial charge in [0, 0.05) is 32.4 Å². The van der Waals surface area contributed by atoms with Crippen molar-refractivity contribution in [2.24, 2.45) is 0 Å². The summed E-state index contributed by atoms with van der Waals surface area (Å²) in [5.74, 6) is 0. The van der Waals surface area contributed by atoms with Crippen LogP contribution in [0.3, 0.4) is 0 Å². The van der Waals surface area contributed by atoms with Crippen molar-refractivity contribution in [3.05, 3.63) is 65.7 Å². The van der Waals surface area contributed by atoms with Gasteiger partial charge < -0.3 is 10.2 Å². The van der Waals surface area contributed by atoms with E-state index in [0.717, 1.165) is 13.0 Å². The van der Waals surface area contributed by atoms with Crippen molar-refractivity contribution in [1.29, 1.82) is 0 Å². The van der Waals surface area contributed by atoms with Gasteiger partial charge in [-0.3, -0.25) is 0 Å². The summed E-state index contributed by atoms with van der Waals surface area (Å²) in [6.07, 6.45) is 2.30. The number of rotatable bonds is 7. The zero-order valence-corrected chi connectivity index (χ0v) is 13.3. The maximum Gasteiger partial charge on any atom is 0.0361 e. The molecule has 0 heterocycles. The van der Waals surface area contributed by atoms with E-state index in [9.17, 15) is 0 Å². The Morgan fingerprint density at radius 1 is 0.905 bits per heavy atom. The third-order valence-electron chi connectivity index (χ3n) is 3.82. The molecule has 2 nitrogen and oxygen atoms in total. The molecule has 2 aromatic rings. The first-order valence-electron chi connectivity index (χ1n) is 7.69. The third kappa shape index (κ3) is 5.24. The maximum absolute atomic E-state index is 3.60. The van der Waals surface area contributed by atoms with Crippen LogP contribution in [0.4, 0.5) is 5.69 Å². The number of nitrogens with zero attached hydrogens (tertiary/aromatic N) is 1. The second kappa shape index (κ2) is 7.84. The Bertz CT molecular complexity index is 517. The van der Waals surface area contributed by atoms with Gasteiger partial charge in [0.05, 0.1) is 0 Å². The minimum atomic E-state index is 0.527. The van der Waals surface area contributed by atoms with Crippen molar-refractivity contribution in [3.8, 4) is 0 Å². The largest absolute Gasteiger partial charge is 0.378 e. The van der Waals surface area contributed by atoms with Gasteiger partial charge in [0.15, 0.2) is 0 Å². The monoisotopic (exact) mass is 282 g/mol. The average Bonchev–Trinajstić information content (AvgIpc) is 2.52. The highest BCUT2D eigenvalue weighted by molar-refractivity contribution is 5.45. The number of benzene rings is 2. The molecule has 1 unspecified atom stereocenters. The molecule has 21 heavy (non-hydrogen) atoms. The normalized spacial score (nSPS) is 12.1. The first kappa shape index (κ1) is 15.6. The van der Waals surface area contributed by atoms with Gasteiger partial charge in [0.1, 0.15) is 0 Å². The van der Waals surface area contributed by atoms with Gasteiger partial charge in [-0.2, -0.15) is 0 Å². The van der Waals surface area contributed by atoms with Crippen molar-refractivity contribution >= 4 is 5.69 Å². The topological polar surface area (TPSA) is 15.3 Å². The van der Waals surface area contributed by atoms with E-state index in [2.05, 4.69) is 85.8 Å². The van der Waals surface area contributed by atoms with Gasteiger partial charge in [-0.15, -0.1) is 0 Å². The molecule has 112 valence electrons. The average molecular weight is 282 g/mol. The van der Waals surface area contributed by atoms with E-state index in [1.54, 1.807) is 0 Å². The number of aryl methyl sites for hydroxylation is 1. The first-order valence-corrected chi connectivity index (χ1v) is 7.69. The van der Waals surface area contributed by atoms with Crippen molar-refractivity contribution in [1.82, 2.24) is 5.32 Å².